The van der Waals surface area contributed by atoms with Crippen LogP contribution in [0.5, 0.6) is 5.75 Å². The highest BCUT2D eigenvalue weighted by Crippen LogP contribution is 2.27. The first-order valence-electron chi connectivity index (χ1n) is 6.24. The van der Waals surface area contributed by atoms with Gasteiger partial charge in [0.1, 0.15) is 17.4 Å². The van der Waals surface area contributed by atoms with Gasteiger partial charge in [0.15, 0.2) is 0 Å². The number of pyridine rings is 1. The van der Waals surface area contributed by atoms with Crippen molar-refractivity contribution in [2.24, 2.45) is 0 Å². The zero-order chi connectivity index (χ0) is 14.5. The summed E-state index contributed by atoms with van der Waals surface area (Å²) in [5, 5.41) is 3.09. The van der Waals surface area contributed by atoms with Crippen molar-refractivity contribution in [3.05, 3.63) is 59.4 Å². The van der Waals surface area contributed by atoms with Gasteiger partial charge in [-0.3, -0.25) is 4.98 Å². The average molecular weight is 278 g/mol. The Morgan fingerprint density at radius 2 is 2.10 bits per heavy atom. The van der Waals surface area contributed by atoms with Crippen molar-refractivity contribution in [2.45, 2.75) is 12.5 Å². The Hall–Kier alpha value is -2.01. The third-order valence-corrected chi connectivity index (χ3v) is 3.19. The van der Waals surface area contributed by atoms with Gasteiger partial charge in [-0.15, -0.1) is 0 Å². The third-order valence-electron chi connectivity index (χ3n) is 3.19. The van der Waals surface area contributed by atoms with Gasteiger partial charge in [0.2, 0.25) is 0 Å². The van der Waals surface area contributed by atoms with Crippen LogP contribution in [0, 0.1) is 11.6 Å². The third kappa shape index (κ3) is 3.11. The molecule has 0 saturated heterocycles. The molecule has 0 aliphatic carbocycles. The standard InChI is InChI=1S/C15H16F2N2O/c1-18-14(12-5-6-19-9-15(12)20-2)8-10-7-11(16)3-4-13(10)17/h3-7,9,14,18H,8H2,1-2H3. The second-order valence-electron chi connectivity index (χ2n) is 4.40. The van der Waals surface area contributed by atoms with Crippen molar-refractivity contribution in [1.29, 1.82) is 0 Å². The molecule has 1 atom stereocenters. The van der Waals surface area contributed by atoms with Gasteiger partial charge >= 0.3 is 0 Å². The normalized spacial score (nSPS) is 12.2. The summed E-state index contributed by atoms with van der Waals surface area (Å²) in [5.74, 6) is -0.249. The fourth-order valence-electron chi connectivity index (χ4n) is 2.14. The molecule has 1 unspecified atom stereocenters. The molecule has 5 heteroatoms. The number of methoxy groups -OCH3 is 1. The Morgan fingerprint density at radius 3 is 2.80 bits per heavy atom. The number of halogens is 2. The van der Waals surface area contributed by atoms with Gasteiger partial charge in [0.25, 0.3) is 0 Å². The van der Waals surface area contributed by atoms with Crippen LogP contribution in [0.25, 0.3) is 0 Å². The molecule has 0 aliphatic heterocycles. The highest BCUT2D eigenvalue weighted by atomic mass is 19.1. The quantitative estimate of drug-likeness (QED) is 0.913. The van der Waals surface area contributed by atoms with Crippen molar-refractivity contribution >= 4 is 0 Å². The van der Waals surface area contributed by atoms with E-state index in [0.29, 0.717) is 17.7 Å². The van der Waals surface area contributed by atoms with E-state index in [9.17, 15) is 8.78 Å². The number of benzene rings is 1. The predicted molar refractivity (Wildman–Crippen MR) is 72.7 cm³/mol. The maximum atomic E-state index is 13.7. The van der Waals surface area contributed by atoms with E-state index in [0.717, 1.165) is 17.7 Å². The summed E-state index contributed by atoms with van der Waals surface area (Å²) in [5.41, 5.74) is 1.18. The van der Waals surface area contributed by atoms with E-state index in [1.54, 1.807) is 32.6 Å². The number of aromatic nitrogens is 1. The molecule has 1 heterocycles. The molecule has 0 radical (unpaired) electrons. The van der Waals surface area contributed by atoms with E-state index in [2.05, 4.69) is 10.3 Å². The van der Waals surface area contributed by atoms with E-state index in [1.807, 2.05) is 0 Å². The van der Waals surface area contributed by atoms with E-state index in [-0.39, 0.29) is 6.04 Å². The minimum Gasteiger partial charge on any atom is -0.495 e. The van der Waals surface area contributed by atoms with Crippen LogP contribution in [0.15, 0.2) is 36.7 Å². The highest BCUT2D eigenvalue weighted by molar-refractivity contribution is 5.34. The number of hydrogen-bond donors (Lipinski definition) is 1. The minimum absolute atomic E-state index is 0.191. The largest absolute Gasteiger partial charge is 0.495 e. The Bertz CT molecular complexity index is 590. The summed E-state index contributed by atoms with van der Waals surface area (Å²) in [7, 11) is 3.32. The lowest BCUT2D eigenvalue weighted by Crippen LogP contribution is -2.20. The first kappa shape index (κ1) is 14.4. The van der Waals surface area contributed by atoms with Crippen LogP contribution in [0.1, 0.15) is 17.2 Å². The molecule has 1 aromatic carbocycles. The van der Waals surface area contributed by atoms with Gasteiger partial charge in [0.05, 0.1) is 13.3 Å². The topological polar surface area (TPSA) is 34.2 Å². The summed E-state index contributed by atoms with van der Waals surface area (Å²) < 4.78 is 32.2. The van der Waals surface area contributed by atoms with Crippen molar-refractivity contribution in [3.63, 3.8) is 0 Å². The fraction of sp³-hybridized carbons (Fsp3) is 0.267. The summed E-state index contributed by atoms with van der Waals surface area (Å²) in [6.45, 7) is 0. The molecule has 3 nitrogen and oxygen atoms in total. The van der Waals surface area contributed by atoms with Crippen LogP contribution in [0.2, 0.25) is 0 Å². The molecule has 2 rings (SSSR count). The second kappa shape index (κ2) is 6.43. The van der Waals surface area contributed by atoms with Gasteiger partial charge in [0, 0.05) is 17.8 Å². The number of nitrogens with one attached hydrogen (secondary N) is 1. The van der Waals surface area contributed by atoms with Crippen molar-refractivity contribution in [3.8, 4) is 5.75 Å². The lowest BCUT2D eigenvalue weighted by molar-refractivity contribution is 0.398. The Kier molecular flexibility index (Phi) is 4.63. The molecular formula is C15H16F2N2O. The van der Waals surface area contributed by atoms with Crippen molar-refractivity contribution in [1.82, 2.24) is 10.3 Å². The zero-order valence-corrected chi connectivity index (χ0v) is 11.4. The monoisotopic (exact) mass is 278 g/mol. The smallest absolute Gasteiger partial charge is 0.141 e. The summed E-state index contributed by atoms with van der Waals surface area (Å²) >= 11 is 0. The van der Waals surface area contributed by atoms with Crippen LogP contribution < -0.4 is 10.1 Å². The fourth-order valence-corrected chi connectivity index (χ4v) is 2.14. The molecule has 20 heavy (non-hydrogen) atoms. The molecule has 2 aromatic rings. The van der Waals surface area contributed by atoms with Crippen LogP contribution >= 0.6 is 0 Å². The van der Waals surface area contributed by atoms with Gasteiger partial charge < -0.3 is 10.1 Å². The predicted octanol–water partition coefficient (Wildman–Crippen LogP) is 2.87. The summed E-state index contributed by atoms with van der Waals surface area (Å²) in [6.07, 6.45) is 3.56. The van der Waals surface area contributed by atoms with Crippen LogP contribution in [0.3, 0.4) is 0 Å². The molecule has 0 aliphatic rings. The molecule has 0 spiro atoms. The van der Waals surface area contributed by atoms with E-state index < -0.39 is 11.6 Å². The molecule has 1 N–H and O–H groups in total. The Labute approximate surface area is 116 Å². The Balaban J connectivity index is 2.31. The molecule has 0 fully saturated rings. The lowest BCUT2D eigenvalue weighted by atomic mass is 9.98. The molecule has 106 valence electrons. The maximum absolute atomic E-state index is 13.7. The van der Waals surface area contributed by atoms with Gasteiger partial charge in [-0.25, -0.2) is 8.78 Å². The number of nitrogens with zero attached hydrogens (tertiary/aromatic N) is 1. The van der Waals surface area contributed by atoms with Crippen LogP contribution in [0.4, 0.5) is 8.78 Å². The molecular weight excluding hydrogens is 262 g/mol. The number of hydrogen-bond acceptors (Lipinski definition) is 3. The van der Waals surface area contributed by atoms with Crippen LogP contribution in [-0.2, 0) is 6.42 Å². The lowest BCUT2D eigenvalue weighted by Gasteiger charge is -2.19. The first-order chi connectivity index (χ1) is 9.65. The maximum Gasteiger partial charge on any atom is 0.141 e. The SMILES string of the molecule is CNC(Cc1cc(F)ccc1F)c1ccncc1OC. The summed E-state index contributed by atoms with van der Waals surface area (Å²) in [4.78, 5) is 3.98. The second-order valence-corrected chi connectivity index (χ2v) is 4.40. The van der Waals surface area contributed by atoms with Gasteiger partial charge in [-0.2, -0.15) is 0 Å². The molecule has 0 amide bonds. The molecule has 1 aromatic heterocycles. The number of ether oxygens (including phenoxy) is 1. The first-order valence-corrected chi connectivity index (χ1v) is 6.24. The van der Waals surface area contributed by atoms with Crippen LogP contribution in [-0.4, -0.2) is 19.1 Å². The van der Waals surface area contributed by atoms with E-state index >= 15 is 0 Å². The van der Waals surface area contributed by atoms with Crippen molar-refractivity contribution in [2.75, 3.05) is 14.2 Å². The average Bonchev–Trinajstić information content (AvgIpc) is 2.48. The number of rotatable bonds is 5. The molecule has 0 bridgehead atoms. The zero-order valence-electron chi connectivity index (χ0n) is 11.4. The van der Waals surface area contributed by atoms with Crippen molar-refractivity contribution < 1.29 is 13.5 Å². The van der Waals surface area contributed by atoms with Gasteiger partial charge in [-0.1, -0.05) is 0 Å². The molecule has 0 saturated carbocycles. The summed E-state index contributed by atoms with van der Waals surface area (Å²) in [6, 6.07) is 5.08. The van der Waals surface area contributed by atoms with Gasteiger partial charge in [-0.05, 0) is 43.3 Å². The van der Waals surface area contributed by atoms with E-state index in [4.69, 9.17) is 4.74 Å². The highest BCUT2D eigenvalue weighted by Gasteiger charge is 2.17. The number of likely N-dealkylation sites (N-methyl/N-ethyl adjacent to an activating group) is 1. The van der Waals surface area contributed by atoms with E-state index in [1.165, 1.54) is 6.07 Å². The Morgan fingerprint density at radius 1 is 1.30 bits per heavy atom. The minimum atomic E-state index is -0.446.